The van der Waals surface area contributed by atoms with Crippen molar-refractivity contribution in [3.8, 4) is 0 Å². The van der Waals surface area contributed by atoms with Crippen LogP contribution in [0.25, 0.3) is 5.57 Å². The van der Waals surface area contributed by atoms with Crippen LogP contribution in [-0.4, -0.2) is 18.0 Å². The molecule has 0 unspecified atom stereocenters. The molecule has 0 saturated heterocycles. The van der Waals surface area contributed by atoms with Gasteiger partial charge in [0.1, 0.15) is 6.54 Å². The summed E-state index contributed by atoms with van der Waals surface area (Å²) < 4.78 is 0. The largest absolute Gasteiger partial charge is 0.293 e. The van der Waals surface area contributed by atoms with E-state index in [1.807, 2.05) is 54.6 Å². The Kier molecular flexibility index (Phi) is 5.16. The Morgan fingerprint density at radius 3 is 2.35 bits per heavy atom. The smallest absolute Gasteiger partial charge is 0.177 e. The Balaban J connectivity index is 0.00000147. The molecule has 0 bridgehead atoms. The van der Waals surface area contributed by atoms with Gasteiger partial charge in [-0.25, -0.2) is 0 Å². The van der Waals surface area contributed by atoms with E-state index in [4.69, 9.17) is 0 Å². The van der Waals surface area contributed by atoms with Crippen molar-refractivity contribution >= 4 is 17.1 Å². The standard InChI is InChI=1S/C17H12NO.Y/c19-15-11-16(13-7-3-1-4-8-13)17(18-12-15)14-9-5-2-6-10-14;/h2-11H,12H2;/q-1;. The van der Waals surface area contributed by atoms with Crippen molar-refractivity contribution < 1.29 is 37.5 Å². The van der Waals surface area contributed by atoms with Crippen LogP contribution in [-0.2, 0) is 37.5 Å². The first-order valence-corrected chi connectivity index (χ1v) is 6.16. The van der Waals surface area contributed by atoms with E-state index in [1.165, 1.54) is 0 Å². The Labute approximate surface area is 143 Å². The summed E-state index contributed by atoms with van der Waals surface area (Å²) in [6, 6.07) is 20.5. The Bertz CT molecular complexity index is 660. The molecule has 0 atom stereocenters. The number of carbonyl (C=O) groups is 1. The van der Waals surface area contributed by atoms with Crippen molar-refractivity contribution in [1.82, 2.24) is 0 Å². The summed E-state index contributed by atoms with van der Waals surface area (Å²) in [6.07, 6.45) is 1.69. The van der Waals surface area contributed by atoms with Gasteiger partial charge in [0.15, 0.2) is 5.78 Å². The van der Waals surface area contributed by atoms with Gasteiger partial charge in [0.2, 0.25) is 0 Å². The van der Waals surface area contributed by atoms with Gasteiger partial charge in [-0.1, -0.05) is 30.3 Å². The van der Waals surface area contributed by atoms with Crippen LogP contribution in [0.4, 0.5) is 0 Å². The van der Waals surface area contributed by atoms with Gasteiger partial charge < -0.3 is 0 Å². The van der Waals surface area contributed by atoms with Crippen LogP contribution >= 0.6 is 0 Å². The number of nitrogens with zero attached hydrogens (tertiary/aromatic N) is 1. The maximum Gasteiger partial charge on any atom is 0.177 e. The van der Waals surface area contributed by atoms with Crippen molar-refractivity contribution in [3.05, 3.63) is 77.9 Å². The van der Waals surface area contributed by atoms with E-state index < -0.39 is 0 Å². The normalized spacial score (nSPS) is 14.1. The SMILES string of the molecule is O=C1C=C(c2cc[c-]cc2)C(c2ccccc2)=NC1.[Y]. The van der Waals surface area contributed by atoms with Gasteiger partial charge in [-0.05, 0) is 11.6 Å². The summed E-state index contributed by atoms with van der Waals surface area (Å²) in [4.78, 5) is 16.1. The van der Waals surface area contributed by atoms with E-state index in [1.54, 1.807) is 6.08 Å². The third-order valence-corrected chi connectivity index (χ3v) is 3.03. The van der Waals surface area contributed by atoms with Crippen LogP contribution in [0.2, 0.25) is 0 Å². The van der Waals surface area contributed by atoms with Gasteiger partial charge in [0.05, 0.1) is 5.71 Å². The molecule has 3 heteroatoms. The number of dihydropyridines is 1. The van der Waals surface area contributed by atoms with E-state index in [2.05, 4.69) is 11.1 Å². The van der Waals surface area contributed by atoms with Crippen molar-refractivity contribution in [1.29, 1.82) is 0 Å². The van der Waals surface area contributed by atoms with Gasteiger partial charge in [-0.15, -0.1) is 5.56 Å². The molecule has 1 aliphatic rings. The van der Waals surface area contributed by atoms with E-state index in [-0.39, 0.29) is 45.0 Å². The first-order valence-electron chi connectivity index (χ1n) is 6.16. The van der Waals surface area contributed by atoms with E-state index >= 15 is 0 Å². The molecule has 0 saturated carbocycles. The Morgan fingerprint density at radius 1 is 0.950 bits per heavy atom. The Hall–Kier alpha value is -1.38. The summed E-state index contributed by atoms with van der Waals surface area (Å²) in [6.45, 7) is 0.229. The van der Waals surface area contributed by atoms with Crippen LogP contribution in [0.5, 0.6) is 0 Å². The predicted molar refractivity (Wildman–Crippen MR) is 76.1 cm³/mol. The molecule has 20 heavy (non-hydrogen) atoms. The summed E-state index contributed by atoms with van der Waals surface area (Å²) in [5.41, 5.74) is 3.80. The monoisotopic (exact) mass is 335 g/mol. The first kappa shape index (κ1) is 15.0. The molecule has 1 aliphatic heterocycles. The van der Waals surface area contributed by atoms with Crippen molar-refractivity contribution in [2.24, 2.45) is 4.99 Å². The fourth-order valence-electron chi connectivity index (χ4n) is 2.15. The zero-order valence-corrected chi connectivity index (χ0v) is 13.8. The minimum atomic E-state index is 0. The Morgan fingerprint density at radius 2 is 1.65 bits per heavy atom. The van der Waals surface area contributed by atoms with Crippen LogP contribution in [0, 0.1) is 6.07 Å². The zero-order valence-electron chi connectivity index (χ0n) is 10.9. The van der Waals surface area contributed by atoms with Crippen LogP contribution < -0.4 is 0 Å². The van der Waals surface area contributed by atoms with Gasteiger partial charge in [0, 0.05) is 38.3 Å². The van der Waals surface area contributed by atoms with E-state index in [9.17, 15) is 4.79 Å². The molecule has 0 N–H and O–H groups in total. The molecular formula is C17H12NOY-. The van der Waals surface area contributed by atoms with Crippen molar-refractivity contribution in [2.75, 3.05) is 6.54 Å². The first-order chi connectivity index (χ1) is 9.34. The van der Waals surface area contributed by atoms with E-state index in [0.29, 0.717) is 0 Å². The zero-order chi connectivity index (χ0) is 13.1. The molecule has 0 aromatic heterocycles. The number of rotatable bonds is 2. The average Bonchev–Trinajstić information content (AvgIpc) is 2.49. The van der Waals surface area contributed by atoms with Crippen molar-refractivity contribution in [2.45, 2.75) is 0 Å². The molecule has 2 aromatic carbocycles. The topological polar surface area (TPSA) is 29.4 Å². The van der Waals surface area contributed by atoms with Crippen LogP contribution in [0.15, 0.2) is 65.7 Å². The second-order valence-electron chi connectivity index (χ2n) is 4.34. The molecule has 1 radical (unpaired) electrons. The quantitative estimate of drug-likeness (QED) is 0.776. The predicted octanol–water partition coefficient (Wildman–Crippen LogP) is 2.94. The van der Waals surface area contributed by atoms with Crippen LogP contribution in [0.1, 0.15) is 11.1 Å². The maximum atomic E-state index is 11.6. The summed E-state index contributed by atoms with van der Waals surface area (Å²) in [7, 11) is 0. The second-order valence-corrected chi connectivity index (χ2v) is 4.34. The van der Waals surface area contributed by atoms with E-state index in [0.717, 1.165) is 22.4 Å². The molecule has 0 fully saturated rings. The number of ketones is 1. The number of benzene rings is 2. The van der Waals surface area contributed by atoms with Crippen LogP contribution in [0.3, 0.4) is 0 Å². The number of hydrogen-bond donors (Lipinski definition) is 0. The summed E-state index contributed by atoms with van der Waals surface area (Å²) >= 11 is 0. The third kappa shape index (κ3) is 3.20. The molecule has 2 aromatic rings. The minimum absolute atomic E-state index is 0. The van der Waals surface area contributed by atoms with Crippen molar-refractivity contribution in [3.63, 3.8) is 0 Å². The molecule has 95 valence electrons. The van der Waals surface area contributed by atoms with Gasteiger partial charge in [-0.3, -0.25) is 9.79 Å². The molecule has 0 aliphatic carbocycles. The number of allylic oxidation sites excluding steroid dienone is 1. The molecular weight excluding hydrogens is 323 g/mol. The minimum Gasteiger partial charge on any atom is -0.293 e. The molecule has 1 heterocycles. The summed E-state index contributed by atoms with van der Waals surface area (Å²) in [5, 5.41) is 0. The maximum absolute atomic E-state index is 11.6. The van der Waals surface area contributed by atoms with Gasteiger partial charge >= 0.3 is 0 Å². The molecule has 0 spiro atoms. The number of aliphatic imine (C=N–C) groups is 1. The van der Waals surface area contributed by atoms with Gasteiger partial charge in [-0.2, -0.15) is 30.3 Å². The second kappa shape index (κ2) is 6.87. The van der Waals surface area contributed by atoms with Gasteiger partial charge in [0.25, 0.3) is 0 Å². The molecule has 0 amide bonds. The summed E-state index contributed by atoms with van der Waals surface area (Å²) in [5.74, 6) is 0.0440. The average molecular weight is 335 g/mol. The third-order valence-electron chi connectivity index (χ3n) is 3.03. The molecule has 2 nitrogen and oxygen atoms in total. The number of hydrogen-bond acceptors (Lipinski definition) is 2. The number of carbonyl (C=O) groups excluding carboxylic acids is 1. The fourth-order valence-corrected chi connectivity index (χ4v) is 2.15. The molecule has 3 rings (SSSR count). The fraction of sp³-hybridized carbons (Fsp3) is 0.0588.